The van der Waals surface area contributed by atoms with Crippen LogP contribution in [0.15, 0.2) is 48.5 Å². The van der Waals surface area contributed by atoms with Crippen LogP contribution in [-0.2, 0) is 14.8 Å². The topological polar surface area (TPSA) is 84.9 Å². The summed E-state index contributed by atoms with van der Waals surface area (Å²) in [4.78, 5) is 13.0. The molecule has 0 aliphatic rings. The zero-order valence-electron chi connectivity index (χ0n) is 16.5. The van der Waals surface area contributed by atoms with E-state index in [-0.39, 0.29) is 6.42 Å². The lowest BCUT2D eigenvalue weighted by molar-refractivity contribution is -0.117. The largest absolute Gasteiger partial charge is 0.497 e. The molecular weight excluding hydrogens is 380 g/mol. The minimum atomic E-state index is -3.73. The van der Waals surface area contributed by atoms with Crippen LogP contribution in [0.4, 0.5) is 11.4 Å². The van der Waals surface area contributed by atoms with Crippen LogP contribution in [0.5, 0.6) is 11.5 Å². The van der Waals surface area contributed by atoms with Gasteiger partial charge in [-0.25, -0.2) is 8.42 Å². The number of sulfonamides is 1. The number of carbonyl (C=O) groups is 1. The summed E-state index contributed by atoms with van der Waals surface area (Å²) in [5.74, 6) is 0.589. The number of nitrogens with one attached hydrogen (secondary N) is 1. The Hall–Kier alpha value is -2.74. The third-order valence-electron chi connectivity index (χ3n) is 4.08. The maximum absolute atomic E-state index is 13.0. The highest BCUT2D eigenvalue weighted by Crippen LogP contribution is 2.28. The van der Waals surface area contributed by atoms with Crippen LogP contribution in [0.2, 0.25) is 0 Å². The number of para-hydroxylation sites is 2. The van der Waals surface area contributed by atoms with Crippen molar-refractivity contribution in [2.75, 3.05) is 29.6 Å². The minimum absolute atomic E-state index is 0.285. The van der Waals surface area contributed by atoms with Crippen LogP contribution >= 0.6 is 0 Å². The van der Waals surface area contributed by atoms with E-state index in [9.17, 15) is 13.2 Å². The Bertz CT molecular complexity index is 914. The molecule has 7 nitrogen and oxygen atoms in total. The maximum atomic E-state index is 13.0. The Balaban J connectivity index is 2.40. The lowest BCUT2D eigenvalue weighted by atomic mass is 10.1. The first-order chi connectivity index (χ1) is 13.3. The SMILES string of the molecule is CCOc1ccccc1NC(=O)C(CC)N(c1cccc(OC)c1)S(C)(=O)=O. The molecule has 1 amide bonds. The highest BCUT2D eigenvalue weighted by atomic mass is 32.2. The van der Waals surface area contributed by atoms with Crippen LogP contribution < -0.4 is 19.1 Å². The highest BCUT2D eigenvalue weighted by Gasteiger charge is 2.32. The molecule has 0 heterocycles. The van der Waals surface area contributed by atoms with E-state index in [0.717, 1.165) is 10.6 Å². The van der Waals surface area contributed by atoms with Crippen molar-refractivity contribution in [3.8, 4) is 11.5 Å². The average molecular weight is 407 g/mol. The van der Waals surface area contributed by atoms with Gasteiger partial charge in [0.25, 0.3) is 0 Å². The minimum Gasteiger partial charge on any atom is -0.497 e. The Kier molecular flexibility index (Phi) is 7.28. The first-order valence-corrected chi connectivity index (χ1v) is 10.8. The first-order valence-electron chi connectivity index (χ1n) is 8.98. The van der Waals surface area contributed by atoms with Gasteiger partial charge in [-0.05, 0) is 37.6 Å². The molecule has 0 radical (unpaired) electrons. The number of benzene rings is 2. The second-order valence-corrected chi connectivity index (χ2v) is 7.96. The van der Waals surface area contributed by atoms with E-state index < -0.39 is 22.0 Å². The molecule has 0 saturated carbocycles. The van der Waals surface area contributed by atoms with Gasteiger partial charge in [-0.1, -0.05) is 25.1 Å². The second kappa shape index (κ2) is 9.45. The van der Waals surface area contributed by atoms with Crippen molar-refractivity contribution < 1.29 is 22.7 Å². The summed E-state index contributed by atoms with van der Waals surface area (Å²) >= 11 is 0. The number of amides is 1. The number of anilines is 2. The molecule has 0 aliphatic carbocycles. The van der Waals surface area contributed by atoms with Crippen molar-refractivity contribution in [1.29, 1.82) is 0 Å². The summed E-state index contributed by atoms with van der Waals surface area (Å²) in [6.45, 7) is 4.06. The van der Waals surface area contributed by atoms with Crippen molar-refractivity contribution >= 4 is 27.3 Å². The summed E-state index contributed by atoms with van der Waals surface area (Å²) in [6, 6.07) is 12.7. The lowest BCUT2D eigenvalue weighted by Crippen LogP contribution is -2.47. The molecule has 152 valence electrons. The standard InChI is InChI=1S/C20H26N2O5S/c1-5-18(20(23)21-17-12-7-8-13-19(17)27-6-2)22(28(4,24)25)15-10-9-11-16(14-15)26-3/h7-14,18H,5-6H2,1-4H3,(H,21,23). The van der Waals surface area contributed by atoms with E-state index in [1.807, 2.05) is 6.92 Å². The predicted molar refractivity (Wildman–Crippen MR) is 111 cm³/mol. The van der Waals surface area contributed by atoms with E-state index in [4.69, 9.17) is 9.47 Å². The molecule has 2 aromatic carbocycles. The third kappa shape index (κ3) is 5.16. The fraction of sp³-hybridized carbons (Fsp3) is 0.350. The van der Waals surface area contributed by atoms with Crippen LogP contribution in [0.25, 0.3) is 0 Å². The van der Waals surface area contributed by atoms with Gasteiger partial charge < -0.3 is 14.8 Å². The number of carbonyl (C=O) groups excluding carboxylic acids is 1. The van der Waals surface area contributed by atoms with Crippen LogP contribution in [0.3, 0.4) is 0 Å². The fourth-order valence-electron chi connectivity index (χ4n) is 2.88. The van der Waals surface area contributed by atoms with Crippen molar-refractivity contribution in [1.82, 2.24) is 0 Å². The summed E-state index contributed by atoms with van der Waals surface area (Å²) < 4.78 is 36.9. The van der Waals surface area contributed by atoms with E-state index in [1.165, 1.54) is 7.11 Å². The molecule has 1 unspecified atom stereocenters. The van der Waals surface area contributed by atoms with Gasteiger partial charge in [0.05, 0.1) is 31.3 Å². The molecule has 2 rings (SSSR count). The number of methoxy groups -OCH3 is 1. The molecule has 2 aromatic rings. The smallest absolute Gasteiger partial charge is 0.248 e. The Morgan fingerprint density at radius 2 is 1.86 bits per heavy atom. The number of hydrogen-bond acceptors (Lipinski definition) is 5. The van der Waals surface area contributed by atoms with E-state index >= 15 is 0 Å². The first kappa shape index (κ1) is 21.6. The normalized spacial score (nSPS) is 12.1. The van der Waals surface area contributed by atoms with Gasteiger partial charge in [0.15, 0.2) is 0 Å². The van der Waals surface area contributed by atoms with Crippen LogP contribution in [0, 0.1) is 0 Å². The molecule has 1 N–H and O–H groups in total. The van der Waals surface area contributed by atoms with E-state index in [2.05, 4.69) is 5.32 Å². The predicted octanol–water partition coefficient (Wildman–Crippen LogP) is 3.28. The summed E-state index contributed by atoms with van der Waals surface area (Å²) in [5, 5.41) is 2.80. The molecular formula is C20H26N2O5S. The number of nitrogens with zero attached hydrogens (tertiary/aromatic N) is 1. The van der Waals surface area contributed by atoms with Crippen molar-refractivity contribution in [2.45, 2.75) is 26.3 Å². The van der Waals surface area contributed by atoms with E-state index in [1.54, 1.807) is 55.5 Å². The number of ether oxygens (including phenoxy) is 2. The molecule has 0 fully saturated rings. The van der Waals surface area contributed by atoms with Gasteiger partial charge >= 0.3 is 0 Å². The van der Waals surface area contributed by atoms with Gasteiger partial charge in [0, 0.05) is 6.07 Å². The fourth-order valence-corrected chi connectivity index (χ4v) is 4.08. The molecule has 0 spiro atoms. The summed E-state index contributed by atoms with van der Waals surface area (Å²) in [5.41, 5.74) is 0.855. The van der Waals surface area contributed by atoms with E-state index in [0.29, 0.717) is 29.5 Å². The lowest BCUT2D eigenvalue weighted by Gasteiger charge is -2.30. The Labute approximate surface area is 166 Å². The molecule has 0 saturated heterocycles. The van der Waals surface area contributed by atoms with Crippen molar-refractivity contribution in [3.05, 3.63) is 48.5 Å². The Morgan fingerprint density at radius 3 is 2.46 bits per heavy atom. The molecule has 1 atom stereocenters. The quantitative estimate of drug-likeness (QED) is 0.691. The molecule has 0 aliphatic heterocycles. The molecule has 0 aromatic heterocycles. The Morgan fingerprint density at radius 1 is 1.14 bits per heavy atom. The zero-order chi connectivity index (χ0) is 20.7. The third-order valence-corrected chi connectivity index (χ3v) is 5.26. The highest BCUT2D eigenvalue weighted by molar-refractivity contribution is 7.92. The molecule has 8 heteroatoms. The van der Waals surface area contributed by atoms with Gasteiger partial charge in [-0.15, -0.1) is 0 Å². The van der Waals surface area contributed by atoms with Crippen molar-refractivity contribution in [2.24, 2.45) is 0 Å². The number of rotatable bonds is 9. The average Bonchev–Trinajstić information content (AvgIpc) is 2.66. The summed E-state index contributed by atoms with van der Waals surface area (Å²) in [7, 11) is -2.23. The van der Waals surface area contributed by atoms with Crippen molar-refractivity contribution in [3.63, 3.8) is 0 Å². The second-order valence-electron chi connectivity index (χ2n) is 6.10. The monoisotopic (exact) mass is 406 g/mol. The van der Waals surface area contributed by atoms with Gasteiger partial charge in [0.2, 0.25) is 15.9 Å². The number of hydrogen-bond donors (Lipinski definition) is 1. The zero-order valence-corrected chi connectivity index (χ0v) is 17.3. The van der Waals surface area contributed by atoms with Gasteiger partial charge in [-0.3, -0.25) is 9.10 Å². The molecule has 0 bridgehead atoms. The maximum Gasteiger partial charge on any atom is 0.248 e. The summed E-state index contributed by atoms with van der Waals surface area (Å²) in [6.07, 6.45) is 1.36. The van der Waals surface area contributed by atoms with Gasteiger partial charge in [-0.2, -0.15) is 0 Å². The molecule has 28 heavy (non-hydrogen) atoms. The van der Waals surface area contributed by atoms with Crippen LogP contribution in [-0.4, -0.2) is 40.3 Å². The van der Waals surface area contributed by atoms with Crippen LogP contribution in [0.1, 0.15) is 20.3 Å². The van der Waals surface area contributed by atoms with Gasteiger partial charge in [0.1, 0.15) is 17.5 Å².